The summed E-state index contributed by atoms with van der Waals surface area (Å²) in [5.41, 5.74) is 4.00. The number of nitrogens with one attached hydrogen (secondary N) is 1. The number of hydrogen-bond acceptors (Lipinski definition) is 5. The van der Waals surface area contributed by atoms with E-state index < -0.39 is 0 Å². The quantitative estimate of drug-likeness (QED) is 0.751. The van der Waals surface area contributed by atoms with E-state index in [1.54, 1.807) is 23.0 Å². The minimum absolute atomic E-state index is 0.0533. The average molecular weight is 384 g/mol. The molecule has 120 valence electrons. The molecule has 4 heterocycles. The lowest BCUT2D eigenvalue weighted by Gasteiger charge is -2.39. The molecular formula is C17H14BrN5O. The lowest BCUT2D eigenvalue weighted by molar-refractivity contribution is -0.0318. The Morgan fingerprint density at radius 1 is 1.33 bits per heavy atom. The molecule has 0 unspecified atom stereocenters. The number of ether oxygens (including phenoxy) is 1. The predicted molar refractivity (Wildman–Crippen MR) is 93.7 cm³/mol. The van der Waals surface area contributed by atoms with E-state index in [9.17, 15) is 0 Å². The maximum atomic E-state index is 8.99. The SMILES string of the molecule is CC1(Nc2cc(-c3ccc4cc(C#N)cnn34)ncc2Br)COC1. The highest BCUT2D eigenvalue weighted by Crippen LogP contribution is 2.31. The van der Waals surface area contributed by atoms with Crippen molar-refractivity contribution in [2.24, 2.45) is 0 Å². The van der Waals surface area contributed by atoms with Crippen LogP contribution >= 0.6 is 15.9 Å². The first kappa shape index (κ1) is 15.1. The van der Waals surface area contributed by atoms with Gasteiger partial charge in [-0.25, -0.2) is 4.52 Å². The number of aromatic nitrogens is 3. The van der Waals surface area contributed by atoms with Crippen molar-refractivity contribution in [1.82, 2.24) is 14.6 Å². The normalized spacial score (nSPS) is 15.7. The first-order valence-electron chi connectivity index (χ1n) is 7.48. The zero-order valence-electron chi connectivity index (χ0n) is 13.0. The van der Waals surface area contributed by atoms with Crippen molar-refractivity contribution in [1.29, 1.82) is 5.26 Å². The highest BCUT2D eigenvalue weighted by molar-refractivity contribution is 9.10. The smallest absolute Gasteiger partial charge is 0.101 e. The molecule has 0 aromatic carbocycles. The summed E-state index contributed by atoms with van der Waals surface area (Å²) in [5, 5.41) is 16.8. The number of nitrogens with zero attached hydrogens (tertiary/aromatic N) is 4. The van der Waals surface area contributed by atoms with Gasteiger partial charge in [-0.1, -0.05) is 0 Å². The van der Waals surface area contributed by atoms with Crippen molar-refractivity contribution in [3.8, 4) is 17.5 Å². The van der Waals surface area contributed by atoms with Crippen LogP contribution in [0, 0.1) is 11.3 Å². The van der Waals surface area contributed by atoms with Crippen LogP contribution in [-0.4, -0.2) is 33.4 Å². The standard InChI is InChI=1S/C17H14BrN5O/c1-17(9-24-10-17)22-14-5-15(20-8-13(14)18)16-3-2-12-4-11(6-19)7-21-23(12)16/h2-5,7-8H,9-10H2,1H3,(H,20,22). The fraction of sp³-hybridized carbons (Fsp3) is 0.235. The molecule has 24 heavy (non-hydrogen) atoms. The summed E-state index contributed by atoms with van der Waals surface area (Å²) in [4.78, 5) is 4.50. The Morgan fingerprint density at radius 3 is 2.88 bits per heavy atom. The van der Waals surface area contributed by atoms with Crippen molar-refractivity contribution in [2.45, 2.75) is 12.5 Å². The highest BCUT2D eigenvalue weighted by Gasteiger charge is 2.33. The van der Waals surface area contributed by atoms with Gasteiger partial charge >= 0.3 is 0 Å². The minimum Gasteiger partial charge on any atom is -0.376 e. The minimum atomic E-state index is -0.0533. The number of hydrogen-bond donors (Lipinski definition) is 1. The fourth-order valence-corrected chi connectivity index (χ4v) is 3.05. The van der Waals surface area contributed by atoms with E-state index in [1.807, 2.05) is 18.2 Å². The zero-order chi connectivity index (χ0) is 16.7. The molecule has 1 fully saturated rings. The van der Waals surface area contributed by atoms with Gasteiger partial charge in [0.05, 0.1) is 57.6 Å². The second kappa shape index (κ2) is 5.58. The summed E-state index contributed by atoms with van der Waals surface area (Å²) >= 11 is 3.54. The van der Waals surface area contributed by atoms with Crippen LogP contribution in [0.3, 0.4) is 0 Å². The monoisotopic (exact) mass is 383 g/mol. The van der Waals surface area contributed by atoms with Crippen LogP contribution in [0.25, 0.3) is 16.9 Å². The van der Waals surface area contributed by atoms with E-state index in [0.29, 0.717) is 18.8 Å². The molecule has 0 amide bonds. The van der Waals surface area contributed by atoms with Gasteiger partial charge in [-0.15, -0.1) is 0 Å². The van der Waals surface area contributed by atoms with E-state index >= 15 is 0 Å². The van der Waals surface area contributed by atoms with Gasteiger partial charge in [0.2, 0.25) is 0 Å². The van der Waals surface area contributed by atoms with Gasteiger partial charge in [0.15, 0.2) is 0 Å². The van der Waals surface area contributed by atoms with Gasteiger partial charge in [0.1, 0.15) is 6.07 Å². The number of nitriles is 1. The van der Waals surface area contributed by atoms with Crippen molar-refractivity contribution < 1.29 is 4.74 Å². The molecule has 4 rings (SSSR count). The first-order valence-corrected chi connectivity index (χ1v) is 8.27. The van der Waals surface area contributed by atoms with E-state index in [4.69, 9.17) is 10.00 Å². The Labute approximate surface area is 147 Å². The molecule has 1 aliphatic heterocycles. The lowest BCUT2D eigenvalue weighted by atomic mass is 10.0. The average Bonchev–Trinajstić information content (AvgIpc) is 2.98. The van der Waals surface area contributed by atoms with Crippen molar-refractivity contribution >= 4 is 27.1 Å². The molecule has 3 aromatic rings. The Bertz CT molecular complexity index is 971. The Balaban J connectivity index is 1.75. The topological polar surface area (TPSA) is 75.2 Å². The molecule has 0 aliphatic carbocycles. The summed E-state index contributed by atoms with van der Waals surface area (Å²) < 4.78 is 7.99. The Kier molecular flexibility index (Phi) is 3.52. The summed E-state index contributed by atoms with van der Waals surface area (Å²) in [6.45, 7) is 3.49. The molecule has 1 aliphatic rings. The maximum Gasteiger partial charge on any atom is 0.101 e. The second-order valence-electron chi connectivity index (χ2n) is 6.14. The Hall–Kier alpha value is -2.43. The summed E-state index contributed by atoms with van der Waals surface area (Å²) in [6, 6.07) is 9.79. The van der Waals surface area contributed by atoms with Gasteiger partial charge in [-0.2, -0.15) is 10.4 Å². The number of rotatable bonds is 3. The lowest BCUT2D eigenvalue weighted by Crippen LogP contribution is -2.53. The summed E-state index contributed by atoms with van der Waals surface area (Å²) in [7, 11) is 0. The number of halogens is 1. The van der Waals surface area contributed by atoms with Gasteiger partial charge in [0, 0.05) is 6.20 Å². The molecule has 7 heteroatoms. The second-order valence-corrected chi connectivity index (χ2v) is 6.99. The molecule has 0 atom stereocenters. The molecule has 0 radical (unpaired) electrons. The molecule has 1 saturated heterocycles. The van der Waals surface area contributed by atoms with Crippen molar-refractivity contribution in [2.75, 3.05) is 18.5 Å². The van der Waals surface area contributed by atoms with E-state index in [1.165, 1.54) is 0 Å². The summed E-state index contributed by atoms with van der Waals surface area (Å²) in [6.07, 6.45) is 3.34. The third-order valence-electron chi connectivity index (χ3n) is 4.02. The van der Waals surface area contributed by atoms with Crippen LogP contribution in [-0.2, 0) is 4.74 Å². The number of pyridine rings is 1. The molecule has 0 saturated carbocycles. The van der Waals surface area contributed by atoms with Gasteiger partial charge in [-0.3, -0.25) is 4.98 Å². The van der Waals surface area contributed by atoms with Gasteiger partial charge < -0.3 is 10.1 Å². The molecule has 3 aromatic heterocycles. The number of anilines is 1. The third-order valence-corrected chi connectivity index (χ3v) is 4.66. The largest absolute Gasteiger partial charge is 0.376 e. The molecule has 0 bridgehead atoms. The number of fused-ring (bicyclic) bond motifs is 1. The zero-order valence-corrected chi connectivity index (χ0v) is 14.5. The van der Waals surface area contributed by atoms with Crippen LogP contribution in [0.5, 0.6) is 0 Å². The molecular weight excluding hydrogens is 370 g/mol. The van der Waals surface area contributed by atoms with E-state index in [2.05, 4.69) is 44.3 Å². The van der Waals surface area contributed by atoms with Crippen molar-refractivity contribution in [3.63, 3.8) is 0 Å². The van der Waals surface area contributed by atoms with Crippen LogP contribution in [0.4, 0.5) is 5.69 Å². The maximum absolute atomic E-state index is 8.99. The predicted octanol–water partition coefficient (Wildman–Crippen LogP) is 3.23. The van der Waals surface area contributed by atoms with Crippen LogP contribution in [0.15, 0.2) is 41.1 Å². The molecule has 0 spiro atoms. The molecule has 1 N–H and O–H groups in total. The van der Waals surface area contributed by atoms with Crippen molar-refractivity contribution in [3.05, 3.63) is 46.7 Å². The van der Waals surface area contributed by atoms with E-state index in [-0.39, 0.29) is 5.54 Å². The Morgan fingerprint density at radius 2 is 2.17 bits per heavy atom. The fourth-order valence-electron chi connectivity index (χ4n) is 2.73. The third kappa shape index (κ3) is 2.54. The van der Waals surface area contributed by atoms with E-state index in [0.717, 1.165) is 27.1 Å². The van der Waals surface area contributed by atoms with Crippen LogP contribution < -0.4 is 5.32 Å². The van der Waals surface area contributed by atoms with Crippen LogP contribution in [0.1, 0.15) is 12.5 Å². The van der Waals surface area contributed by atoms with Crippen LogP contribution in [0.2, 0.25) is 0 Å². The van der Waals surface area contributed by atoms with Gasteiger partial charge in [-0.05, 0) is 47.1 Å². The first-order chi connectivity index (χ1) is 11.6. The molecule has 6 nitrogen and oxygen atoms in total. The summed E-state index contributed by atoms with van der Waals surface area (Å²) in [5.74, 6) is 0. The van der Waals surface area contributed by atoms with Gasteiger partial charge in [0.25, 0.3) is 0 Å². The highest BCUT2D eigenvalue weighted by atomic mass is 79.9.